The van der Waals surface area contributed by atoms with E-state index in [-0.39, 0.29) is 6.04 Å². The average molecular weight is 395 g/mol. The standard InChI is InChI=1S/C20H22N6OS/c1-5-17(25(2)3)19-23-24-20(28-18-11-6-14(12-21)13-22-18)26(19)15-7-9-16(27-4)10-8-15/h6-11,13,17H,5H2,1-4H3/t17-/m0/s1. The van der Waals surface area contributed by atoms with Crippen LogP contribution in [0.4, 0.5) is 0 Å². The Hall–Kier alpha value is -2.89. The molecule has 1 atom stereocenters. The van der Waals surface area contributed by atoms with Gasteiger partial charge in [-0.3, -0.25) is 9.47 Å². The molecule has 0 fully saturated rings. The first-order valence-corrected chi connectivity index (χ1v) is 9.69. The van der Waals surface area contributed by atoms with E-state index in [2.05, 4.69) is 37.6 Å². The minimum Gasteiger partial charge on any atom is -0.497 e. The number of rotatable bonds is 7. The maximum atomic E-state index is 8.96. The van der Waals surface area contributed by atoms with Gasteiger partial charge in [0.1, 0.15) is 16.8 Å². The second-order valence-corrected chi connectivity index (χ2v) is 7.35. The second-order valence-electron chi connectivity index (χ2n) is 6.36. The summed E-state index contributed by atoms with van der Waals surface area (Å²) in [7, 11) is 5.72. The smallest absolute Gasteiger partial charge is 0.202 e. The van der Waals surface area contributed by atoms with Crippen molar-refractivity contribution in [1.82, 2.24) is 24.6 Å². The third-order valence-electron chi connectivity index (χ3n) is 4.36. The van der Waals surface area contributed by atoms with Crippen molar-refractivity contribution in [2.75, 3.05) is 21.2 Å². The summed E-state index contributed by atoms with van der Waals surface area (Å²) in [5.41, 5.74) is 1.48. The maximum absolute atomic E-state index is 8.96. The number of ether oxygens (including phenoxy) is 1. The molecule has 0 saturated carbocycles. The molecule has 0 amide bonds. The molecule has 3 aromatic rings. The van der Waals surface area contributed by atoms with Gasteiger partial charge >= 0.3 is 0 Å². The zero-order chi connectivity index (χ0) is 20.1. The van der Waals surface area contributed by atoms with Crippen LogP contribution in [0.3, 0.4) is 0 Å². The Balaban J connectivity index is 2.05. The van der Waals surface area contributed by atoms with Gasteiger partial charge in [-0.1, -0.05) is 6.92 Å². The number of methoxy groups -OCH3 is 1. The van der Waals surface area contributed by atoms with E-state index in [1.54, 1.807) is 19.4 Å². The van der Waals surface area contributed by atoms with E-state index in [1.165, 1.54) is 11.8 Å². The van der Waals surface area contributed by atoms with Crippen LogP contribution in [0.1, 0.15) is 30.8 Å². The molecule has 0 N–H and O–H groups in total. The Morgan fingerprint density at radius 1 is 1.18 bits per heavy atom. The summed E-state index contributed by atoms with van der Waals surface area (Å²) in [5, 5.41) is 19.4. The van der Waals surface area contributed by atoms with Gasteiger partial charge in [0.15, 0.2) is 5.82 Å². The first-order valence-electron chi connectivity index (χ1n) is 8.87. The molecule has 3 rings (SSSR count). The molecule has 8 heteroatoms. The largest absolute Gasteiger partial charge is 0.497 e. The molecule has 144 valence electrons. The highest BCUT2D eigenvalue weighted by Crippen LogP contribution is 2.32. The lowest BCUT2D eigenvalue weighted by Crippen LogP contribution is -2.22. The Kier molecular flexibility index (Phi) is 6.29. The Morgan fingerprint density at radius 2 is 1.93 bits per heavy atom. The van der Waals surface area contributed by atoms with Gasteiger partial charge in [-0.25, -0.2) is 4.98 Å². The lowest BCUT2D eigenvalue weighted by molar-refractivity contribution is 0.276. The van der Waals surface area contributed by atoms with Crippen LogP contribution in [0.15, 0.2) is 52.8 Å². The van der Waals surface area contributed by atoms with Crippen LogP contribution in [0, 0.1) is 11.3 Å². The van der Waals surface area contributed by atoms with Crippen molar-refractivity contribution < 1.29 is 4.74 Å². The van der Waals surface area contributed by atoms with E-state index in [4.69, 9.17) is 10.00 Å². The van der Waals surface area contributed by atoms with E-state index in [0.29, 0.717) is 5.56 Å². The van der Waals surface area contributed by atoms with Crippen molar-refractivity contribution in [1.29, 1.82) is 5.26 Å². The Morgan fingerprint density at radius 3 is 2.46 bits per heavy atom. The first kappa shape index (κ1) is 19.9. The number of aromatic nitrogens is 4. The average Bonchev–Trinajstić information content (AvgIpc) is 3.12. The number of hydrogen-bond donors (Lipinski definition) is 0. The van der Waals surface area contributed by atoms with Crippen molar-refractivity contribution in [2.45, 2.75) is 29.6 Å². The van der Waals surface area contributed by atoms with Crippen LogP contribution in [0.2, 0.25) is 0 Å². The summed E-state index contributed by atoms with van der Waals surface area (Å²) in [6, 6.07) is 13.6. The van der Waals surface area contributed by atoms with Gasteiger partial charge in [0.05, 0.1) is 18.7 Å². The van der Waals surface area contributed by atoms with Gasteiger partial charge < -0.3 is 4.74 Å². The number of hydrogen-bond acceptors (Lipinski definition) is 7. The molecule has 0 aliphatic carbocycles. The van der Waals surface area contributed by atoms with Crippen LogP contribution in [-0.2, 0) is 0 Å². The molecule has 28 heavy (non-hydrogen) atoms. The van der Waals surface area contributed by atoms with Crippen LogP contribution < -0.4 is 4.74 Å². The van der Waals surface area contributed by atoms with Crippen molar-refractivity contribution in [3.63, 3.8) is 0 Å². The highest BCUT2D eigenvalue weighted by molar-refractivity contribution is 7.99. The number of benzene rings is 1. The Bertz CT molecular complexity index is 960. The quantitative estimate of drug-likeness (QED) is 0.604. The van der Waals surface area contributed by atoms with Gasteiger partial charge in [0.25, 0.3) is 0 Å². The third-order valence-corrected chi connectivity index (χ3v) is 5.26. The minimum absolute atomic E-state index is 0.123. The fraction of sp³-hybridized carbons (Fsp3) is 0.300. The van der Waals surface area contributed by atoms with E-state index < -0.39 is 0 Å². The molecule has 0 aliphatic heterocycles. The molecule has 0 unspecified atom stereocenters. The molecule has 0 bridgehead atoms. The zero-order valence-corrected chi connectivity index (χ0v) is 17.1. The number of pyridine rings is 1. The van der Waals surface area contributed by atoms with Crippen LogP contribution in [0.5, 0.6) is 5.75 Å². The van der Waals surface area contributed by atoms with Gasteiger partial charge in [-0.2, -0.15) is 5.26 Å². The van der Waals surface area contributed by atoms with Gasteiger partial charge in [-0.15, -0.1) is 10.2 Å². The monoisotopic (exact) mass is 394 g/mol. The van der Waals surface area contributed by atoms with Gasteiger partial charge in [0.2, 0.25) is 5.16 Å². The number of nitrogens with zero attached hydrogens (tertiary/aromatic N) is 6. The fourth-order valence-corrected chi connectivity index (χ4v) is 3.72. The summed E-state index contributed by atoms with van der Waals surface area (Å²) in [4.78, 5) is 6.48. The van der Waals surface area contributed by atoms with Crippen LogP contribution in [0.25, 0.3) is 5.69 Å². The summed E-state index contributed by atoms with van der Waals surface area (Å²) in [5.74, 6) is 1.66. The minimum atomic E-state index is 0.123. The molecule has 0 saturated heterocycles. The van der Waals surface area contributed by atoms with Crippen molar-refractivity contribution in [3.8, 4) is 17.5 Å². The second kappa shape index (κ2) is 8.87. The normalized spacial score (nSPS) is 12.0. The predicted octanol–water partition coefficient (Wildman–Crippen LogP) is 3.71. The first-order chi connectivity index (χ1) is 13.6. The SMILES string of the molecule is CC[C@@H](c1nnc(Sc2ccc(C#N)cn2)n1-c1ccc(OC)cc1)N(C)C. The Labute approximate surface area is 169 Å². The lowest BCUT2D eigenvalue weighted by atomic mass is 10.2. The van der Waals surface area contributed by atoms with Crippen molar-refractivity contribution in [2.24, 2.45) is 0 Å². The van der Waals surface area contributed by atoms with E-state index >= 15 is 0 Å². The summed E-state index contributed by atoms with van der Waals surface area (Å²) in [6.45, 7) is 2.13. The fourth-order valence-electron chi connectivity index (χ4n) is 2.92. The van der Waals surface area contributed by atoms with Gasteiger partial charge in [-0.05, 0) is 68.7 Å². The molecule has 2 heterocycles. The molecule has 2 aromatic heterocycles. The maximum Gasteiger partial charge on any atom is 0.202 e. The van der Waals surface area contributed by atoms with Crippen molar-refractivity contribution in [3.05, 3.63) is 54.0 Å². The molecular weight excluding hydrogens is 372 g/mol. The highest BCUT2D eigenvalue weighted by atomic mass is 32.2. The molecule has 7 nitrogen and oxygen atoms in total. The van der Waals surface area contributed by atoms with Gasteiger partial charge in [0, 0.05) is 11.9 Å². The summed E-state index contributed by atoms with van der Waals surface area (Å²) >= 11 is 1.42. The van der Waals surface area contributed by atoms with Crippen molar-refractivity contribution >= 4 is 11.8 Å². The molecule has 0 aliphatic rings. The van der Waals surface area contributed by atoms with E-state index in [1.807, 2.05) is 44.4 Å². The summed E-state index contributed by atoms with van der Waals surface area (Å²) in [6.07, 6.45) is 2.47. The zero-order valence-electron chi connectivity index (χ0n) is 16.3. The number of nitriles is 1. The van der Waals surface area contributed by atoms with E-state index in [0.717, 1.165) is 33.9 Å². The lowest BCUT2D eigenvalue weighted by Gasteiger charge is -2.23. The van der Waals surface area contributed by atoms with Crippen LogP contribution >= 0.6 is 11.8 Å². The third kappa shape index (κ3) is 4.16. The predicted molar refractivity (Wildman–Crippen MR) is 108 cm³/mol. The molecule has 1 aromatic carbocycles. The topological polar surface area (TPSA) is 79.9 Å². The highest BCUT2D eigenvalue weighted by Gasteiger charge is 2.23. The molecular formula is C20H22N6OS. The molecule has 0 radical (unpaired) electrons. The van der Waals surface area contributed by atoms with E-state index in [9.17, 15) is 0 Å². The molecule has 0 spiro atoms. The van der Waals surface area contributed by atoms with Crippen LogP contribution in [-0.4, -0.2) is 45.9 Å². The summed E-state index contributed by atoms with van der Waals surface area (Å²) < 4.78 is 7.33.